The lowest BCUT2D eigenvalue weighted by Crippen LogP contribution is -2.40. The van der Waals surface area contributed by atoms with Crippen LogP contribution in [-0.4, -0.2) is 15.7 Å². The minimum Gasteiger partial charge on any atom is -0.740 e. The van der Waals surface area contributed by atoms with E-state index in [1.165, 1.54) is 0 Å². The van der Waals surface area contributed by atoms with Crippen molar-refractivity contribution in [3.63, 3.8) is 0 Å². The van der Waals surface area contributed by atoms with E-state index in [2.05, 4.69) is 10.3 Å². The number of aromatic nitrogens is 1. The molecule has 3 heterocycles. The number of guanidine groups is 1. The Hall–Kier alpha value is -2.57. The van der Waals surface area contributed by atoms with Crippen molar-refractivity contribution in [2.24, 2.45) is 5.73 Å². The molecule has 0 bridgehead atoms. The minimum absolute atomic E-state index is 0.0715. The Morgan fingerprint density at radius 1 is 1.44 bits per heavy atom. The summed E-state index contributed by atoms with van der Waals surface area (Å²) in [6.07, 6.45) is 2.04. The fraction of sp³-hybridized carbons (Fsp3) is 0.182. The third-order valence-corrected chi connectivity index (χ3v) is 2.98. The summed E-state index contributed by atoms with van der Waals surface area (Å²) in [4.78, 5) is 2.99. The van der Waals surface area contributed by atoms with Gasteiger partial charge in [0.15, 0.2) is 0 Å². The number of nitrogens with one attached hydrogen (secondary N) is 2. The highest BCUT2D eigenvalue weighted by Gasteiger charge is 2.25. The summed E-state index contributed by atoms with van der Waals surface area (Å²) in [5.74, 6) is 1.28. The Labute approximate surface area is 103 Å². The van der Waals surface area contributed by atoms with Crippen LogP contribution in [0.1, 0.15) is 17.0 Å². The highest BCUT2D eigenvalue weighted by Crippen LogP contribution is 2.32. The maximum atomic E-state index is 12.0. The van der Waals surface area contributed by atoms with E-state index in [9.17, 15) is 5.21 Å². The zero-order valence-electron chi connectivity index (χ0n) is 9.56. The van der Waals surface area contributed by atoms with Gasteiger partial charge in [-0.05, 0) is 12.1 Å². The second-order valence-corrected chi connectivity index (χ2v) is 4.13. The van der Waals surface area contributed by atoms with Crippen LogP contribution in [0.15, 0.2) is 22.8 Å². The average Bonchev–Trinajstić information content (AvgIpc) is 2.94. The van der Waals surface area contributed by atoms with Gasteiger partial charge >= 0.3 is 5.96 Å². The van der Waals surface area contributed by atoms with E-state index in [4.69, 9.17) is 15.9 Å². The van der Waals surface area contributed by atoms with Crippen LogP contribution in [0, 0.1) is 5.21 Å². The SMILES string of the molecule is NC1=[N+]([O-])c2c([nH]c(N)c2Cc2ccco2)CN1. The topological polar surface area (TPSA) is 119 Å². The van der Waals surface area contributed by atoms with E-state index >= 15 is 0 Å². The first-order valence-corrected chi connectivity index (χ1v) is 5.52. The zero-order chi connectivity index (χ0) is 12.7. The first-order chi connectivity index (χ1) is 8.66. The van der Waals surface area contributed by atoms with Gasteiger partial charge in [-0.1, -0.05) is 0 Å². The fourth-order valence-corrected chi connectivity index (χ4v) is 2.12. The zero-order valence-corrected chi connectivity index (χ0v) is 9.56. The molecule has 0 saturated heterocycles. The van der Waals surface area contributed by atoms with Crippen molar-refractivity contribution in [3.05, 3.63) is 40.6 Å². The summed E-state index contributed by atoms with van der Waals surface area (Å²) in [6.45, 7) is 0.461. The van der Waals surface area contributed by atoms with Crippen LogP contribution >= 0.6 is 0 Å². The quantitative estimate of drug-likeness (QED) is 0.450. The Bertz CT molecular complexity index is 612. The molecule has 0 amide bonds. The van der Waals surface area contributed by atoms with Gasteiger partial charge in [0.2, 0.25) is 0 Å². The summed E-state index contributed by atoms with van der Waals surface area (Å²) < 4.78 is 5.93. The Balaban J connectivity index is 2.09. The number of hydrogen-bond acceptors (Lipinski definition) is 5. The molecule has 18 heavy (non-hydrogen) atoms. The number of nitrogens with two attached hydrogens (primary N) is 2. The van der Waals surface area contributed by atoms with Crippen molar-refractivity contribution in [2.75, 3.05) is 5.73 Å². The summed E-state index contributed by atoms with van der Waals surface area (Å²) >= 11 is 0. The predicted octanol–water partition coefficient (Wildman–Crippen LogP) is 0.340. The molecule has 3 rings (SSSR count). The largest absolute Gasteiger partial charge is 0.740 e. The summed E-state index contributed by atoms with van der Waals surface area (Å²) in [5, 5.41) is 14.8. The maximum Gasteiger partial charge on any atom is 0.349 e. The molecule has 6 N–H and O–H groups in total. The Morgan fingerprint density at radius 2 is 2.28 bits per heavy atom. The molecule has 0 spiro atoms. The summed E-state index contributed by atoms with van der Waals surface area (Å²) in [5.41, 5.74) is 13.4. The molecule has 0 radical (unpaired) electrons. The summed E-state index contributed by atoms with van der Waals surface area (Å²) in [7, 11) is 0. The molecule has 2 aromatic rings. The predicted molar refractivity (Wildman–Crippen MR) is 66.0 cm³/mol. The van der Waals surface area contributed by atoms with Crippen LogP contribution < -0.4 is 16.8 Å². The van der Waals surface area contributed by atoms with Gasteiger partial charge in [-0.15, -0.1) is 0 Å². The Kier molecular flexibility index (Phi) is 2.19. The van der Waals surface area contributed by atoms with Gasteiger partial charge in [-0.2, -0.15) is 0 Å². The second-order valence-electron chi connectivity index (χ2n) is 4.13. The average molecular weight is 247 g/mol. The molecular formula is C11H13N5O2. The monoisotopic (exact) mass is 247 g/mol. The smallest absolute Gasteiger partial charge is 0.349 e. The van der Waals surface area contributed by atoms with Gasteiger partial charge in [-0.3, -0.25) is 11.1 Å². The number of nitrogens with zero attached hydrogens (tertiary/aromatic N) is 1. The van der Waals surface area contributed by atoms with E-state index in [1.807, 2.05) is 6.07 Å². The minimum atomic E-state index is 0.0715. The summed E-state index contributed by atoms with van der Waals surface area (Å²) in [6, 6.07) is 3.63. The van der Waals surface area contributed by atoms with Gasteiger partial charge in [0.05, 0.1) is 12.0 Å². The molecule has 1 aliphatic rings. The van der Waals surface area contributed by atoms with Gasteiger partial charge in [0, 0.05) is 12.0 Å². The maximum absolute atomic E-state index is 12.0. The van der Waals surface area contributed by atoms with Crippen molar-refractivity contribution >= 4 is 17.5 Å². The van der Waals surface area contributed by atoms with Crippen LogP contribution in [0.5, 0.6) is 0 Å². The van der Waals surface area contributed by atoms with E-state index < -0.39 is 0 Å². The van der Waals surface area contributed by atoms with Crippen LogP contribution in [0.4, 0.5) is 11.5 Å². The van der Waals surface area contributed by atoms with E-state index in [-0.39, 0.29) is 5.96 Å². The van der Waals surface area contributed by atoms with E-state index in [1.54, 1.807) is 12.3 Å². The van der Waals surface area contributed by atoms with E-state index in [0.29, 0.717) is 34.8 Å². The third kappa shape index (κ3) is 1.48. The number of anilines is 1. The molecule has 7 heteroatoms. The van der Waals surface area contributed by atoms with Crippen LogP contribution in [0.25, 0.3) is 0 Å². The lowest BCUT2D eigenvalue weighted by atomic mass is 10.1. The Morgan fingerprint density at radius 3 is 3.00 bits per heavy atom. The third-order valence-electron chi connectivity index (χ3n) is 2.98. The molecule has 2 aromatic heterocycles. The van der Waals surface area contributed by atoms with Crippen molar-refractivity contribution < 1.29 is 9.16 Å². The van der Waals surface area contributed by atoms with E-state index in [0.717, 1.165) is 11.5 Å². The van der Waals surface area contributed by atoms with Gasteiger partial charge in [-0.25, -0.2) is 4.74 Å². The number of furan rings is 1. The highest BCUT2D eigenvalue weighted by atomic mass is 16.5. The van der Waals surface area contributed by atoms with Gasteiger partial charge in [0.25, 0.3) is 0 Å². The molecule has 0 aromatic carbocycles. The van der Waals surface area contributed by atoms with Crippen molar-refractivity contribution in [3.8, 4) is 0 Å². The number of hydrogen-bond donors (Lipinski definition) is 4. The van der Waals surface area contributed by atoms with Crippen molar-refractivity contribution in [2.45, 2.75) is 13.0 Å². The lowest BCUT2D eigenvalue weighted by Gasteiger charge is -2.19. The van der Waals surface area contributed by atoms with Gasteiger partial charge in [0.1, 0.15) is 23.8 Å². The molecule has 7 nitrogen and oxygen atoms in total. The number of aromatic amines is 1. The lowest BCUT2D eigenvalue weighted by molar-refractivity contribution is -0.368. The fourth-order valence-electron chi connectivity index (χ4n) is 2.12. The van der Waals surface area contributed by atoms with Gasteiger partial charge < -0.3 is 20.3 Å². The first kappa shape index (κ1) is 10.6. The van der Waals surface area contributed by atoms with Crippen molar-refractivity contribution in [1.29, 1.82) is 0 Å². The van der Waals surface area contributed by atoms with Crippen molar-refractivity contribution in [1.82, 2.24) is 10.3 Å². The molecule has 0 aliphatic carbocycles. The first-order valence-electron chi connectivity index (χ1n) is 5.52. The van der Waals surface area contributed by atoms with Crippen LogP contribution in [-0.2, 0) is 13.0 Å². The molecule has 94 valence electrons. The van der Waals surface area contributed by atoms with Crippen LogP contribution in [0.2, 0.25) is 0 Å². The molecule has 0 fully saturated rings. The number of nitrogen functional groups attached to an aromatic ring is 1. The molecule has 0 unspecified atom stereocenters. The number of fused-ring (bicyclic) bond motifs is 1. The number of rotatable bonds is 2. The second kappa shape index (κ2) is 3.73. The molecular weight excluding hydrogens is 234 g/mol. The van der Waals surface area contributed by atoms with Crippen LogP contribution in [0.3, 0.4) is 0 Å². The molecule has 0 atom stereocenters. The number of H-pyrrole nitrogens is 1. The standard InChI is InChI=1S/C11H13N5O2/c12-10-7(4-6-2-1-3-18-6)9-8(15-10)5-14-11(13)16(9)17/h1-3,14-15H,4-5,12-13H2. The normalized spacial score (nSPS) is 14.4. The molecule has 1 aliphatic heterocycles. The highest BCUT2D eigenvalue weighted by molar-refractivity contribution is 5.77. The molecule has 0 saturated carbocycles.